The van der Waals surface area contributed by atoms with Crippen LogP contribution >= 0.6 is 0 Å². The Bertz CT molecular complexity index is 957. The fraction of sp³-hybridized carbons (Fsp3) is 0.125. The predicted octanol–water partition coefficient (Wildman–Crippen LogP) is 1.22. The number of fused-ring (bicyclic) bond motifs is 1. The first-order valence-corrected chi connectivity index (χ1v) is 7.26. The topological polar surface area (TPSA) is 88.4 Å². The number of nitrogens with zero attached hydrogens (tertiary/aromatic N) is 3. The maximum Gasteiger partial charge on any atom is 0.274 e. The lowest BCUT2D eigenvalue weighted by Crippen LogP contribution is -2.39. The van der Waals surface area contributed by atoms with Crippen molar-refractivity contribution in [3.05, 3.63) is 65.9 Å². The Labute approximate surface area is 140 Å². The molecule has 128 valence electrons. The summed E-state index contributed by atoms with van der Waals surface area (Å²) in [6.45, 7) is 0. The predicted molar refractivity (Wildman–Crippen MR) is 83.6 cm³/mol. The molecule has 2 heterocycles. The highest BCUT2D eigenvalue weighted by molar-refractivity contribution is 6.00. The van der Waals surface area contributed by atoms with E-state index in [0.717, 1.165) is 12.1 Å². The molecule has 2 amide bonds. The van der Waals surface area contributed by atoms with Crippen LogP contribution in [0.4, 0.5) is 8.78 Å². The van der Waals surface area contributed by atoms with Gasteiger partial charge in [-0.2, -0.15) is 0 Å². The van der Waals surface area contributed by atoms with Gasteiger partial charge in [-0.3, -0.25) is 9.59 Å². The van der Waals surface area contributed by atoms with E-state index in [-0.39, 0.29) is 11.3 Å². The molecular formula is C16H13F2N5O2. The van der Waals surface area contributed by atoms with Gasteiger partial charge in [0.15, 0.2) is 23.0 Å². The summed E-state index contributed by atoms with van der Waals surface area (Å²) < 4.78 is 28.2. The van der Waals surface area contributed by atoms with Gasteiger partial charge in [-0.25, -0.2) is 18.7 Å². The number of aromatic nitrogens is 3. The van der Waals surface area contributed by atoms with E-state index in [1.54, 1.807) is 16.8 Å². The number of nitrogens with one attached hydrogen (secondary N) is 2. The molecule has 25 heavy (non-hydrogen) atoms. The van der Waals surface area contributed by atoms with Crippen molar-refractivity contribution in [3.8, 4) is 0 Å². The van der Waals surface area contributed by atoms with E-state index in [1.165, 1.54) is 25.5 Å². The number of likely N-dealkylation sites (N-methyl/N-ethyl adjacent to an activating group) is 1. The van der Waals surface area contributed by atoms with Gasteiger partial charge in [-0.15, -0.1) is 0 Å². The highest BCUT2D eigenvalue weighted by atomic mass is 19.2. The van der Waals surface area contributed by atoms with E-state index < -0.39 is 29.5 Å². The quantitative estimate of drug-likeness (QED) is 0.744. The molecule has 2 aromatic heterocycles. The van der Waals surface area contributed by atoms with Crippen LogP contribution in [0.3, 0.4) is 0 Å². The van der Waals surface area contributed by atoms with Crippen molar-refractivity contribution in [1.82, 2.24) is 25.0 Å². The molecule has 1 aromatic carbocycles. The largest absolute Gasteiger partial charge is 0.357 e. The first kappa shape index (κ1) is 16.5. The molecule has 0 fully saturated rings. The summed E-state index contributed by atoms with van der Waals surface area (Å²) in [7, 11) is 1.37. The SMILES string of the molecule is CNC(=O)[C@H](NC(=O)c1nccn2ccnc12)c1ccc(F)c(F)c1. The minimum absolute atomic E-state index is 0.00369. The number of amides is 2. The summed E-state index contributed by atoms with van der Waals surface area (Å²) >= 11 is 0. The zero-order valence-corrected chi connectivity index (χ0v) is 13.0. The Morgan fingerprint density at radius 2 is 1.84 bits per heavy atom. The maximum absolute atomic E-state index is 13.5. The smallest absolute Gasteiger partial charge is 0.274 e. The van der Waals surface area contributed by atoms with Crippen LogP contribution in [0.2, 0.25) is 0 Å². The van der Waals surface area contributed by atoms with E-state index in [1.807, 2.05) is 0 Å². The van der Waals surface area contributed by atoms with Gasteiger partial charge in [0, 0.05) is 31.8 Å². The highest BCUT2D eigenvalue weighted by Crippen LogP contribution is 2.18. The van der Waals surface area contributed by atoms with Gasteiger partial charge >= 0.3 is 0 Å². The van der Waals surface area contributed by atoms with Gasteiger partial charge < -0.3 is 15.0 Å². The fourth-order valence-electron chi connectivity index (χ4n) is 2.35. The average Bonchev–Trinajstić information content (AvgIpc) is 3.10. The Morgan fingerprint density at radius 1 is 1.12 bits per heavy atom. The van der Waals surface area contributed by atoms with E-state index in [4.69, 9.17) is 0 Å². The molecule has 0 spiro atoms. The summed E-state index contributed by atoms with van der Waals surface area (Å²) in [6.07, 6.45) is 6.17. The number of imidazole rings is 1. The minimum atomic E-state index is -1.22. The third kappa shape index (κ3) is 3.16. The lowest BCUT2D eigenvalue weighted by atomic mass is 10.1. The van der Waals surface area contributed by atoms with Gasteiger partial charge in [0.25, 0.3) is 5.91 Å². The van der Waals surface area contributed by atoms with Crippen molar-refractivity contribution in [2.75, 3.05) is 7.05 Å². The number of hydrogen-bond donors (Lipinski definition) is 2. The first-order chi connectivity index (χ1) is 12.0. The molecule has 0 aliphatic heterocycles. The third-order valence-corrected chi connectivity index (χ3v) is 3.59. The minimum Gasteiger partial charge on any atom is -0.357 e. The molecule has 0 saturated carbocycles. The van der Waals surface area contributed by atoms with Crippen LogP contribution in [0.5, 0.6) is 0 Å². The molecular weight excluding hydrogens is 332 g/mol. The van der Waals surface area contributed by atoms with Gasteiger partial charge in [0.2, 0.25) is 5.91 Å². The molecule has 0 unspecified atom stereocenters. The van der Waals surface area contributed by atoms with Crippen molar-refractivity contribution in [3.63, 3.8) is 0 Å². The number of carbonyl (C=O) groups is 2. The molecule has 2 N–H and O–H groups in total. The second kappa shape index (κ2) is 6.63. The normalized spacial score (nSPS) is 12.0. The van der Waals surface area contributed by atoms with Crippen molar-refractivity contribution in [2.45, 2.75) is 6.04 Å². The van der Waals surface area contributed by atoms with Crippen molar-refractivity contribution in [1.29, 1.82) is 0 Å². The van der Waals surface area contributed by atoms with Crippen LogP contribution in [0.25, 0.3) is 5.65 Å². The van der Waals surface area contributed by atoms with Crippen LogP contribution in [0.15, 0.2) is 43.0 Å². The van der Waals surface area contributed by atoms with E-state index in [9.17, 15) is 18.4 Å². The molecule has 9 heteroatoms. The third-order valence-electron chi connectivity index (χ3n) is 3.59. The Hall–Kier alpha value is -3.36. The number of benzene rings is 1. The average molecular weight is 345 g/mol. The summed E-state index contributed by atoms with van der Waals surface area (Å²) in [5.41, 5.74) is 0.409. The van der Waals surface area contributed by atoms with Gasteiger partial charge in [-0.1, -0.05) is 6.07 Å². The number of carbonyl (C=O) groups excluding carboxylic acids is 2. The Morgan fingerprint density at radius 3 is 2.52 bits per heavy atom. The molecule has 1 atom stereocenters. The molecule has 0 aliphatic carbocycles. The highest BCUT2D eigenvalue weighted by Gasteiger charge is 2.25. The lowest BCUT2D eigenvalue weighted by molar-refractivity contribution is -0.122. The van der Waals surface area contributed by atoms with Crippen LogP contribution in [0.1, 0.15) is 22.1 Å². The van der Waals surface area contributed by atoms with Gasteiger partial charge in [0.05, 0.1) is 0 Å². The molecule has 3 aromatic rings. The Balaban J connectivity index is 1.95. The summed E-state index contributed by atoms with van der Waals surface area (Å²) in [5, 5.41) is 4.85. The van der Waals surface area contributed by atoms with Gasteiger partial charge in [-0.05, 0) is 17.7 Å². The monoisotopic (exact) mass is 345 g/mol. The van der Waals surface area contributed by atoms with E-state index in [2.05, 4.69) is 20.6 Å². The number of halogens is 2. The second-order valence-corrected chi connectivity index (χ2v) is 5.13. The first-order valence-electron chi connectivity index (χ1n) is 7.26. The maximum atomic E-state index is 13.5. The molecule has 0 radical (unpaired) electrons. The Kier molecular flexibility index (Phi) is 4.38. The van der Waals surface area contributed by atoms with Crippen LogP contribution in [-0.2, 0) is 4.79 Å². The van der Waals surface area contributed by atoms with Gasteiger partial charge in [0.1, 0.15) is 6.04 Å². The molecule has 0 saturated heterocycles. The molecule has 0 bridgehead atoms. The van der Waals surface area contributed by atoms with E-state index in [0.29, 0.717) is 5.65 Å². The molecule has 7 nitrogen and oxygen atoms in total. The van der Waals surface area contributed by atoms with Crippen molar-refractivity contribution >= 4 is 17.5 Å². The second-order valence-electron chi connectivity index (χ2n) is 5.13. The van der Waals surface area contributed by atoms with Crippen LogP contribution in [0, 0.1) is 11.6 Å². The van der Waals surface area contributed by atoms with Crippen LogP contribution in [-0.4, -0.2) is 33.2 Å². The fourth-order valence-corrected chi connectivity index (χ4v) is 2.35. The van der Waals surface area contributed by atoms with E-state index >= 15 is 0 Å². The summed E-state index contributed by atoms with van der Waals surface area (Å²) in [4.78, 5) is 32.7. The zero-order chi connectivity index (χ0) is 18.0. The molecule has 3 rings (SSSR count). The zero-order valence-electron chi connectivity index (χ0n) is 13.0. The van der Waals surface area contributed by atoms with Crippen molar-refractivity contribution < 1.29 is 18.4 Å². The summed E-state index contributed by atoms with van der Waals surface area (Å²) in [5.74, 6) is -3.42. The number of rotatable bonds is 4. The summed E-state index contributed by atoms with van der Waals surface area (Å²) in [6, 6.07) is 1.76. The van der Waals surface area contributed by atoms with Crippen LogP contribution < -0.4 is 10.6 Å². The standard InChI is InChI=1S/C16H13F2N5O2/c1-19-15(24)12(9-2-3-10(17)11(18)8-9)22-16(25)13-14-21-5-7-23(14)6-4-20-13/h2-8,12H,1H3,(H,19,24)(H,22,25)/t12-/m1/s1. The number of hydrogen-bond acceptors (Lipinski definition) is 4. The van der Waals surface area contributed by atoms with Crippen molar-refractivity contribution in [2.24, 2.45) is 0 Å². The lowest BCUT2D eigenvalue weighted by Gasteiger charge is -2.18. The molecule has 0 aliphatic rings.